The second-order valence-electron chi connectivity index (χ2n) is 3.96. The Kier molecular flexibility index (Phi) is 4.69. The minimum Gasteiger partial charge on any atom is -0.316 e. The van der Waals surface area contributed by atoms with Crippen LogP contribution < -0.4 is 10.0 Å². The van der Waals surface area contributed by atoms with Crippen LogP contribution >= 0.6 is 27.5 Å². The molecule has 0 saturated heterocycles. The smallest absolute Gasteiger partial charge is 0.279 e. The Morgan fingerprint density at radius 2 is 2.20 bits per heavy atom. The number of hydrogen-bond acceptors (Lipinski definition) is 4. The van der Waals surface area contributed by atoms with E-state index in [1.54, 1.807) is 25.2 Å². The molecule has 2 rings (SSSR count). The van der Waals surface area contributed by atoms with E-state index in [4.69, 9.17) is 11.6 Å². The van der Waals surface area contributed by atoms with Gasteiger partial charge in [-0.2, -0.15) is 13.5 Å². The van der Waals surface area contributed by atoms with Gasteiger partial charge in [0.25, 0.3) is 10.0 Å². The number of halogens is 2. The van der Waals surface area contributed by atoms with Gasteiger partial charge in [-0.25, -0.2) is 0 Å². The normalized spacial score (nSPS) is 11.6. The van der Waals surface area contributed by atoms with Crippen molar-refractivity contribution in [2.24, 2.45) is 0 Å². The van der Waals surface area contributed by atoms with Crippen molar-refractivity contribution in [2.45, 2.75) is 11.6 Å². The average molecular weight is 380 g/mol. The lowest BCUT2D eigenvalue weighted by atomic mass is 10.3. The van der Waals surface area contributed by atoms with Gasteiger partial charge in [0.05, 0.1) is 21.4 Å². The molecule has 0 atom stereocenters. The van der Waals surface area contributed by atoms with E-state index in [2.05, 4.69) is 36.2 Å². The van der Waals surface area contributed by atoms with Gasteiger partial charge in [0.2, 0.25) is 0 Å². The van der Waals surface area contributed by atoms with Gasteiger partial charge in [-0.15, -0.1) is 0 Å². The number of aromatic amines is 1. The Hall–Kier alpha value is -1.09. The number of anilines is 1. The first-order chi connectivity index (χ1) is 9.45. The third-order valence-corrected chi connectivity index (χ3v) is 5.29. The minimum absolute atomic E-state index is 0.0266. The highest BCUT2D eigenvalue weighted by molar-refractivity contribution is 9.10. The van der Waals surface area contributed by atoms with Crippen LogP contribution in [-0.4, -0.2) is 25.7 Å². The molecule has 0 amide bonds. The Morgan fingerprint density at radius 1 is 1.45 bits per heavy atom. The van der Waals surface area contributed by atoms with E-state index in [9.17, 15) is 8.42 Å². The molecule has 6 nitrogen and oxygen atoms in total. The monoisotopic (exact) mass is 378 g/mol. The van der Waals surface area contributed by atoms with Crippen LogP contribution in [0, 0.1) is 0 Å². The zero-order valence-electron chi connectivity index (χ0n) is 10.4. The van der Waals surface area contributed by atoms with Crippen molar-refractivity contribution in [2.75, 3.05) is 11.8 Å². The predicted octanol–water partition coefficient (Wildman–Crippen LogP) is 2.35. The molecule has 0 aliphatic rings. The zero-order chi connectivity index (χ0) is 14.8. The molecule has 0 saturated carbocycles. The lowest BCUT2D eigenvalue weighted by Gasteiger charge is -2.10. The van der Waals surface area contributed by atoms with Crippen LogP contribution in [0.2, 0.25) is 5.02 Å². The van der Waals surface area contributed by atoms with Gasteiger partial charge in [-0.05, 0) is 35.1 Å². The predicted molar refractivity (Wildman–Crippen MR) is 81.3 cm³/mol. The van der Waals surface area contributed by atoms with Crippen LogP contribution in [-0.2, 0) is 16.6 Å². The molecule has 0 aliphatic heterocycles. The van der Waals surface area contributed by atoms with Crippen molar-refractivity contribution in [3.63, 3.8) is 0 Å². The topological polar surface area (TPSA) is 86.9 Å². The van der Waals surface area contributed by atoms with Gasteiger partial charge in [-0.3, -0.25) is 9.82 Å². The Morgan fingerprint density at radius 3 is 2.90 bits per heavy atom. The molecule has 108 valence electrons. The zero-order valence-corrected chi connectivity index (χ0v) is 13.6. The Bertz CT molecular complexity index is 717. The van der Waals surface area contributed by atoms with E-state index in [0.29, 0.717) is 27.3 Å². The molecule has 20 heavy (non-hydrogen) atoms. The van der Waals surface area contributed by atoms with Gasteiger partial charge in [-0.1, -0.05) is 17.7 Å². The summed E-state index contributed by atoms with van der Waals surface area (Å²) < 4.78 is 27.7. The van der Waals surface area contributed by atoms with Crippen molar-refractivity contribution in [1.82, 2.24) is 15.5 Å². The van der Waals surface area contributed by atoms with E-state index in [-0.39, 0.29) is 5.03 Å². The summed E-state index contributed by atoms with van der Waals surface area (Å²) in [4.78, 5) is 0. The molecular weight excluding hydrogens is 368 g/mol. The first-order valence-electron chi connectivity index (χ1n) is 5.59. The van der Waals surface area contributed by atoms with E-state index >= 15 is 0 Å². The molecule has 0 spiro atoms. The highest BCUT2D eigenvalue weighted by atomic mass is 79.9. The molecule has 0 radical (unpaired) electrons. The molecule has 0 aliphatic carbocycles. The molecule has 9 heteroatoms. The van der Waals surface area contributed by atoms with E-state index in [1.807, 2.05) is 0 Å². The van der Waals surface area contributed by atoms with Crippen LogP contribution in [0.4, 0.5) is 5.69 Å². The molecule has 1 aromatic carbocycles. The molecule has 3 N–H and O–H groups in total. The van der Waals surface area contributed by atoms with Crippen molar-refractivity contribution < 1.29 is 8.42 Å². The minimum atomic E-state index is -3.76. The largest absolute Gasteiger partial charge is 0.316 e. The fraction of sp³-hybridized carbons (Fsp3) is 0.182. The summed E-state index contributed by atoms with van der Waals surface area (Å²) in [6, 6.07) is 4.93. The quantitative estimate of drug-likeness (QED) is 0.744. The number of nitrogens with one attached hydrogen (secondary N) is 3. The Balaban J connectivity index is 2.36. The number of benzene rings is 1. The number of aromatic nitrogens is 2. The maximum atomic E-state index is 12.3. The van der Waals surface area contributed by atoms with Gasteiger partial charge >= 0.3 is 0 Å². The van der Waals surface area contributed by atoms with Crippen LogP contribution in [0.3, 0.4) is 0 Å². The fourth-order valence-corrected chi connectivity index (χ4v) is 3.50. The number of rotatable bonds is 5. The lowest BCUT2D eigenvalue weighted by Crippen LogP contribution is -2.17. The summed E-state index contributed by atoms with van der Waals surface area (Å²) in [7, 11) is -2.03. The van der Waals surface area contributed by atoms with Gasteiger partial charge in [0.1, 0.15) is 0 Å². The third-order valence-electron chi connectivity index (χ3n) is 2.51. The fourth-order valence-electron chi connectivity index (χ4n) is 1.63. The number of hydrogen-bond donors (Lipinski definition) is 3. The van der Waals surface area contributed by atoms with Crippen LogP contribution in [0.15, 0.2) is 33.9 Å². The van der Waals surface area contributed by atoms with Crippen LogP contribution in [0.1, 0.15) is 5.56 Å². The lowest BCUT2D eigenvalue weighted by molar-refractivity contribution is 0.595. The van der Waals surface area contributed by atoms with Gasteiger partial charge < -0.3 is 5.32 Å². The second kappa shape index (κ2) is 6.13. The molecule has 0 bridgehead atoms. The average Bonchev–Trinajstić information content (AvgIpc) is 2.84. The molecule has 0 unspecified atom stereocenters. The standard InChI is InChI=1S/C11H12BrClN4O2S/c1-14-5-7-6-15-16-11(7)20(18,19)17-9-4-2-3-8(13)10(9)12/h2-4,6,14,17H,5H2,1H3,(H,15,16). The summed E-state index contributed by atoms with van der Waals surface area (Å²) in [5, 5.41) is 9.60. The van der Waals surface area contributed by atoms with E-state index in [1.165, 1.54) is 6.20 Å². The Labute approximate surface area is 130 Å². The van der Waals surface area contributed by atoms with Crippen molar-refractivity contribution in [3.05, 3.63) is 39.5 Å². The summed E-state index contributed by atoms with van der Waals surface area (Å²) in [5.41, 5.74) is 0.917. The maximum Gasteiger partial charge on any atom is 0.279 e. The number of sulfonamides is 1. The SMILES string of the molecule is CNCc1cn[nH]c1S(=O)(=O)Nc1cccc(Cl)c1Br. The molecule has 1 aromatic heterocycles. The van der Waals surface area contributed by atoms with E-state index in [0.717, 1.165) is 0 Å². The summed E-state index contributed by atoms with van der Waals surface area (Å²) in [5.74, 6) is 0. The summed E-state index contributed by atoms with van der Waals surface area (Å²) >= 11 is 9.19. The van der Waals surface area contributed by atoms with Crippen LogP contribution in [0.5, 0.6) is 0 Å². The molecule has 0 fully saturated rings. The van der Waals surface area contributed by atoms with Gasteiger partial charge in [0.15, 0.2) is 5.03 Å². The first kappa shape index (κ1) is 15.3. The highest BCUT2D eigenvalue weighted by Gasteiger charge is 2.21. The number of H-pyrrole nitrogens is 1. The molecule has 1 heterocycles. The number of nitrogens with zero attached hydrogens (tertiary/aromatic N) is 1. The molecular formula is C11H12BrClN4O2S. The van der Waals surface area contributed by atoms with Crippen molar-refractivity contribution in [1.29, 1.82) is 0 Å². The van der Waals surface area contributed by atoms with Crippen molar-refractivity contribution in [3.8, 4) is 0 Å². The second-order valence-corrected chi connectivity index (χ2v) is 6.78. The van der Waals surface area contributed by atoms with Crippen molar-refractivity contribution >= 4 is 43.2 Å². The summed E-state index contributed by atoms with van der Waals surface area (Å²) in [6.07, 6.45) is 1.47. The van der Waals surface area contributed by atoms with E-state index < -0.39 is 10.0 Å². The highest BCUT2D eigenvalue weighted by Crippen LogP contribution is 2.31. The third kappa shape index (κ3) is 3.14. The first-order valence-corrected chi connectivity index (χ1v) is 8.25. The molecule has 2 aromatic rings. The maximum absolute atomic E-state index is 12.3. The summed E-state index contributed by atoms with van der Waals surface area (Å²) in [6.45, 7) is 0.392. The van der Waals surface area contributed by atoms with Crippen LogP contribution in [0.25, 0.3) is 0 Å². The van der Waals surface area contributed by atoms with Gasteiger partial charge in [0, 0.05) is 12.1 Å².